The van der Waals surface area contributed by atoms with Crippen LogP contribution in [0.5, 0.6) is 5.88 Å². The molecule has 1 aromatic heterocycles. The zero-order valence-corrected chi connectivity index (χ0v) is 11.6. The van der Waals surface area contributed by atoms with E-state index in [1.165, 1.54) is 0 Å². The van der Waals surface area contributed by atoms with Crippen molar-refractivity contribution in [2.45, 2.75) is 39.8 Å². The van der Waals surface area contributed by atoms with Gasteiger partial charge in [0.2, 0.25) is 0 Å². The predicted octanol–water partition coefficient (Wildman–Crippen LogP) is 2.63. The Balaban J connectivity index is 2.44. The Morgan fingerprint density at radius 2 is 1.76 bits per heavy atom. The number of hydrogen-bond donors (Lipinski definition) is 0. The summed E-state index contributed by atoms with van der Waals surface area (Å²) in [5, 5.41) is 0.313. The van der Waals surface area contributed by atoms with Crippen LogP contribution in [0.4, 0.5) is 0 Å². The standard InChI is InChI=1S/C12H20ClN3O/c1-9(2)16(10(3)4)7-8-17-12-11(13)14-5-6-15-12/h5-6,9-10H,7-8H2,1-4H3. The molecule has 0 aliphatic heterocycles. The van der Waals surface area contributed by atoms with E-state index >= 15 is 0 Å². The average molecular weight is 258 g/mol. The second-order valence-electron chi connectivity index (χ2n) is 4.43. The van der Waals surface area contributed by atoms with Crippen molar-refractivity contribution >= 4 is 11.6 Å². The Hall–Kier alpha value is -0.870. The lowest BCUT2D eigenvalue weighted by Crippen LogP contribution is -2.39. The third-order valence-corrected chi connectivity index (χ3v) is 2.80. The molecule has 1 heterocycles. The van der Waals surface area contributed by atoms with E-state index in [1.54, 1.807) is 12.4 Å². The van der Waals surface area contributed by atoms with Crippen molar-refractivity contribution in [3.05, 3.63) is 17.5 Å². The molecule has 0 bridgehead atoms. The molecule has 0 atom stereocenters. The lowest BCUT2D eigenvalue weighted by atomic mass is 10.2. The number of hydrogen-bond acceptors (Lipinski definition) is 4. The van der Waals surface area contributed by atoms with Gasteiger partial charge in [0.15, 0.2) is 5.15 Å². The molecule has 0 N–H and O–H groups in total. The van der Waals surface area contributed by atoms with Crippen LogP contribution in [0, 0.1) is 0 Å². The first-order chi connectivity index (χ1) is 8.02. The van der Waals surface area contributed by atoms with Crippen molar-refractivity contribution in [2.75, 3.05) is 13.2 Å². The number of ether oxygens (including phenoxy) is 1. The summed E-state index contributed by atoms with van der Waals surface area (Å²) < 4.78 is 5.52. The Kier molecular flexibility index (Phi) is 5.65. The minimum absolute atomic E-state index is 0.313. The van der Waals surface area contributed by atoms with Crippen LogP contribution in [0.25, 0.3) is 0 Å². The van der Waals surface area contributed by atoms with E-state index in [4.69, 9.17) is 16.3 Å². The molecule has 0 fully saturated rings. The zero-order valence-electron chi connectivity index (χ0n) is 10.9. The first-order valence-corrected chi connectivity index (χ1v) is 6.25. The highest BCUT2D eigenvalue weighted by molar-refractivity contribution is 6.30. The van der Waals surface area contributed by atoms with Gasteiger partial charge in [-0.1, -0.05) is 11.6 Å². The summed E-state index contributed by atoms with van der Waals surface area (Å²) in [4.78, 5) is 10.3. The van der Waals surface area contributed by atoms with Crippen LogP contribution in [0.15, 0.2) is 12.4 Å². The van der Waals surface area contributed by atoms with Gasteiger partial charge in [-0.15, -0.1) is 0 Å². The number of rotatable bonds is 6. The minimum Gasteiger partial charge on any atom is -0.474 e. The molecule has 4 nitrogen and oxygen atoms in total. The van der Waals surface area contributed by atoms with E-state index in [0.717, 1.165) is 6.54 Å². The normalized spacial score (nSPS) is 11.5. The summed E-state index contributed by atoms with van der Waals surface area (Å²) in [5.74, 6) is 0.404. The molecule has 0 aromatic carbocycles. The van der Waals surface area contributed by atoms with Crippen molar-refractivity contribution < 1.29 is 4.74 Å². The van der Waals surface area contributed by atoms with E-state index in [-0.39, 0.29) is 0 Å². The van der Waals surface area contributed by atoms with Crippen molar-refractivity contribution in [1.29, 1.82) is 0 Å². The summed E-state index contributed by atoms with van der Waals surface area (Å²) in [6.45, 7) is 10.1. The lowest BCUT2D eigenvalue weighted by Gasteiger charge is -2.30. The van der Waals surface area contributed by atoms with Crippen LogP contribution in [-0.4, -0.2) is 40.1 Å². The maximum absolute atomic E-state index is 5.85. The first kappa shape index (κ1) is 14.2. The highest BCUT2D eigenvalue weighted by atomic mass is 35.5. The average Bonchev–Trinajstić information content (AvgIpc) is 2.25. The molecule has 0 saturated heterocycles. The van der Waals surface area contributed by atoms with Crippen molar-refractivity contribution in [1.82, 2.24) is 14.9 Å². The molecule has 0 unspecified atom stereocenters. The van der Waals surface area contributed by atoms with Gasteiger partial charge in [-0.05, 0) is 27.7 Å². The number of nitrogens with zero attached hydrogens (tertiary/aromatic N) is 3. The summed E-state index contributed by atoms with van der Waals surface area (Å²) in [6, 6.07) is 0.992. The fourth-order valence-electron chi connectivity index (χ4n) is 1.77. The monoisotopic (exact) mass is 257 g/mol. The van der Waals surface area contributed by atoms with E-state index in [0.29, 0.717) is 29.7 Å². The number of aromatic nitrogens is 2. The molecule has 1 aromatic rings. The maximum Gasteiger partial charge on any atom is 0.252 e. The summed E-state index contributed by atoms with van der Waals surface area (Å²) in [5.41, 5.74) is 0. The van der Waals surface area contributed by atoms with Gasteiger partial charge in [0.1, 0.15) is 6.61 Å². The quantitative estimate of drug-likeness (QED) is 0.785. The third kappa shape index (κ3) is 4.48. The van der Waals surface area contributed by atoms with Crippen LogP contribution in [0.3, 0.4) is 0 Å². The van der Waals surface area contributed by atoms with Gasteiger partial charge < -0.3 is 4.74 Å². The van der Waals surface area contributed by atoms with Gasteiger partial charge in [-0.2, -0.15) is 0 Å². The molecule has 0 aliphatic carbocycles. The summed E-state index contributed by atoms with van der Waals surface area (Å²) in [6.07, 6.45) is 3.12. The van der Waals surface area contributed by atoms with Gasteiger partial charge in [0, 0.05) is 31.0 Å². The van der Waals surface area contributed by atoms with Gasteiger partial charge >= 0.3 is 0 Å². The second-order valence-corrected chi connectivity index (χ2v) is 4.78. The van der Waals surface area contributed by atoms with Crippen LogP contribution < -0.4 is 4.74 Å². The van der Waals surface area contributed by atoms with Crippen molar-refractivity contribution in [3.8, 4) is 5.88 Å². The van der Waals surface area contributed by atoms with Gasteiger partial charge in [-0.25, -0.2) is 9.97 Å². The first-order valence-electron chi connectivity index (χ1n) is 5.87. The molecule has 5 heteroatoms. The van der Waals surface area contributed by atoms with Gasteiger partial charge in [0.05, 0.1) is 0 Å². The van der Waals surface area contributed by atoms with E-state index < -0.39 is 0 Å². The molecular formula is C12H20ClN3O. The molecular weight excluding hydrogens is 238 g/mol. The topological polar surface area (TPSA) is 38.2 Å². The fourth-order valence-corrected chi connectivity index (χ4v) is 1.93. The predicted molar refractivity (Wildman–Crippen MR) is 69.5 cm³/mol. The Morgan fingerprint density at radius 1 is 1.18 bits per heavy atom. The Morgan fingerprint density at radius 3 is 2.29 bits per heavy atom. The third-order valence-electron chi connectivity index (χ3n) is 2.54. The van der Waals surface area contributed by atoms with Gasteiger partial charge in [0.25, 0.3) is 5.88 Å². The summed E-state index contributed by atoms with van der Waals surface area (Å²) >= 11 is 5.85. The Bertz CT molecular complexity index is 336. The number of halogens is 1. The molecule has 0 saturated carbocycles. The highest BCUT2D eigenvalue weighted by Gasteiger charge is 2.13. The molecule has 0 amide bonds. The molecule has 0 aliphatic rings. The molecule has 96 valence electrons. The van der Waals surface area contributed by atoms with Crippen molar-refractivity contribution in [2.24, 2.45) is 0 Å². The van der Waals surface area contributed by atoms with Crippen molar-refractivity contribution in [3.63, 3.8) is 0 Å². The van der Waals surface area contributed by atoms with E-state index in [9.17, 15) is 0 Å². The maximum atomic E-state index is 5.85. The Labute approximate surface area is 108 Å². The summed E-state index contributed by atoms with van der Waals surface area (Å²) in [7, 11) is 0. The van der Waals surface area contributed by atoms with E-state index in [2.05, 4.69) is 42.6 Å². The largest absolute Gasteiger partial charge is 0.474 e. The van der Waals surface area contributed by atoms with Crippen LogP contribution in [0.2, 0.25) is 5.15 Å². The lowest BCUT2D eigenvalue weighted by molar-refractivity contribution is 0.140. The molecule has 17 heavy (non-hydrogen) atoms. The second kappa shape index (κ2) is 6.77. The minimum atomic E-state index is 0.313. The van der Waals surface area contributed by atoms with E-state index in [1.807, 2.05) is 0 Å². The zero-order chi connectivity index (χ0) is 12.8. The SMILES string of the molecule is CC(C)N(CCOc1nccnc1Cl)C(C)C. The van der Waals surface area contributed by atoms with Gasteiger partial charge in [-0.3, -0.25) is 4.90 Å². The van der Waals surface area contributed by atoms with Crippen LogP contribution in [-0.2, 0) is 0 Å². The molecule has 0 spiro atoms. The van der Waals surface area contributed by atoms with Crippen LogP contribution in [0.1, 0.15) is 27.7 Å². The fraction of sp³-hybridized carbons (Fsp3) is 0.667. The smallest absolute Gasteiger partial charge is 0.252 e. The molecule has 0 radical (unpaired) electrons. The highest BCUT2D eigenvalue weighted by Crippen LogP contribution is 2.16. The van der Waals surface area contributed by atoms with Crippen LogP contribution >= 0.6 is 11.6 Å². The molecule has 1 rings (SSSR count).